The Labute approximate surface area is 124 Å². The molecule has 21 heavy (non-hydrogen) atoms. The van der Waals surface area contributed by atoms with Crippen LogP contribution in [0.4, 0.5) is 0 Å². The van der Waals surface area contributed by atoms with Gasteiger partial charge in [0.1, 0.15) is 5.65 Å². The van der Waals surface area contributed by atoms with Crippen molar-refractivity contribution in [2.24, 2.45) is 11.7 Å². The standard InChI is InChI=1S/C16H22N4O/c1-12(17)13-5-8-19(9-6-13)11-14-10-16(21)20-7-3-2-4-15(20)18-14/h2-4,7,10,12-13H,5-6,8-9,11,17H2,1H3. The lowest BCUT2D eigenvalue weighted by Crippen LogP contribution is -2.39. The molecule has 0 spiro atoms. The van der Waals surface area contributed by atoms with Crippen molar-refractivity contribution in [2.45, 2.75) is 32.4 Å². The third kappa shape index (κ3) is 3.14. The summed E-state index contributed by atoms with van der Waals surface area (Å²) in [7, 11) is 0. The average molecular weight is 286 g/mol. The van der Waals surface area contributed by atoms with Crippen molar-refractivity contribution in [2.75, 3.05) is 13.1 Å². The Bertz CT molecular complexity index is 671. The van der Waals surface area contributed by atoms with Gasteiger partial charge in [-0.2, -0.15) is 0 Å². The van der Waals surface area contributed by atoms with Crippen LogP contribution < -0.4 is 11.3 Å². The molecule has 0 amide bonds. The van der Waals surface area contributed by atoms with E-state index < -0.39 is 0 Å². The lowest BCUT2D eigenvalue weighted by molar-refractivity contribution is 0.164. The van der Waals surface area contributed by atoms with Crippen molar-refractivity contribution in [3.05, 3.63) is 46.5 Å². The minimum Gasteiger partial charge on any atom is -0.328 e. The van der Waals surface area contributed by atoms with Gasteiger partial charge in [0.05, 0.1) is 5.69 Å². The number of rotatable bonds is 3. The summed E-state index contributed by atoms with van der Waals surface area (Å²) in [6.45, 7) is 4.89. The highest BCUT2D eigenvalue weighted by molar-refractivity contribution is 5.37. The third-order valence-corrected chi connectivity index (χ3v) is 4.39. The van der Waals surface area contributed by atoms with E-state index in [1.807, 2.05) is 18.2 Å². The lowest BCUT2D eigenvalue weighted by atomic mass is 9.91. The maximum atomic E-state index is 12.1. The first-order valence-corrected chi connectivity index (χ1v) is 7.59. The second-order valence-electron chi connectivity index (χ2n) is 5.99. The van der Waals surface area contributed by atoms with Gasteiger partial charge >= 0.3 is 0 Å². The first-order valence-electron chi connectivity index (χ1n) is 7.59. The van der Waals surface area contributed by atoms with Gasteiger partial charge in [-0.1, -0.05) is 6.07 Å². The topological polar surface area (TPSA) is 63.6 Å². The van der Waals surface area contributed by atoms with Gasteiger partial charge in [-0.25, -0.2) is 4.98 Å². The van der Waals surface area contributed by atoms with Gasteiger partial charge in [0.2, 0.25) is 0 Å². The molecule has 3 heterocycles. The molecular formula is C16H22N4O. The Kier molecular flexibility index (Phi) is 4.03. The maximum absolute atomic E-state index is 12.1. The summed E-state index contributed by atoms with van der Waals surface area (Å²) >= 11 is 0. The molecule has 0 aliphatic carbocycles. The van der Waals surface area contributed by atoms with Crippen LogP contribution in [0.5, 0.6) is 0 Å². The maximum Gasteiger partial charge on any atom is 0.258 e. The zero-order chi connectivity index (χ0) is 14.8. The molecule has 1 aliphatic rings. The summed E-state index contributed by atoms with van der Waals surface area (Å²) in [4.78, 5) is 19.0. The van der Waals surface area contributed by atoms with Crippen molar-refractivity contribution in [3.63, 3.8) is 0 Å². The Morgan fingerprint density at radius 2 is 2.14 bits per heavy atom. The van der Waals surface area contributed by atoms with E-state index in [9.17, 15) is 4.79 Å². The van der Waals surface area contributed by atoms with Crippen LogP contribution >= 0.6 is 0 Å². The normalized spacial score (nSPS) is 19.0. The van der Waals surface area contributed by atoms with Gasteiger partial charge in [-0.3, -0.25) is 14.1 Å². The monoisotopic (exact) mass is 286 g/mol. The van der Waals surface area contributed by atoms with E-state index in [1.54, 1.807) is 16.7 Å². The number of nitrogens with zero attached hydrogens (tertiary/aromatic N) is 3. The number of hydrogen-bond acceptors (Lipinski definition) is 4. The highest BCUT2D eigenvalue weighted by Gasteiger charge is 2.22. The molecule has 0 aromatic carbocycles. The van der Waals surface area contributed by atoms with Crippen molar-refractivity contribution < 1.29 is 0 Å². The molecule has 112 valence electrons. The van der Waals surface area contributed by atoms with Gasteiger partial charge in [0, 0.05) is 24.8 Å². The van der Waals surface area contributed by atoms with Gasteiger partial charge in [0.25, 0.3) is 5.56 Å². The number of hydrogen-bond donors (Lipinski definition) is 1. The Balaban J connectivity index is 1.73. The van der Waals surface area contributed by atoms with Crippen LogP contribution in [0.25, 0.3) is 5.65 Å². The van der Waals surface area contributed by atoms with Gasteiger partial charge < -0.3 is 5.73 Å². The van der Waals surface area contributed by atoms with Crippen molar-refractivity contribution in [1.29, 1.82) is 0 Å². The number of piperidine rings is 1. The minimum atomic E-state index is -0.0129. The summed E-state index contributed by atoms with van der Waals surface area (Å²) in [6.07, 6.45) is 4.01. The largest absolute Gasteiger partial charge is 0.328 e. The Morgan fingerprint density at radius 3 is 2.86 bits per heavy atom. The molecule has 1 saturated heterocycles. The smallest absolute Gasteiger partial charge is 0.258 e. The van der Waals surface area contributed by atoms with Crippen LogP contribution in [0, 0.1) is 5.92 Å². The number of likely N-dealkylation sites (tertiary alicyclic amines) is 1. The first-order chi connectivity index (χ1) is 10.1. The number of nitrogens with two attached hydrogens (primary N) is 1. The SMILES string of the molecule is CC(N)C1CCN(Cc2cc(=O)n3ccccc3n2)CC1. The fourth-order valence-electron chi connectivity index (χ4n) is 3.05. The van der Waals surface area contributed by atoms with Crippen LogP contribution in [0.1, 0.15) is 25.5 Å². The van der Waals surface area contributed by atoms with E-state index in [-0.39, 0.29) is 11.6 Å². The molecule has 2 aromatic rings. The highest BCUT2D eigenvalue weighted by Crippen LogP contribution is 2.20. The fraction of sp³-hybridized carbons (Fsp3) is 0.500. The lowest BCUT2D eigenvalue weighted by Gasteiger charge is -2.33. The molecule has 1 unspecified atom stereocenters. The second-order valence-corrected chi connectivity index (χ2v) is 5.99. The van der Waals surface area contributed by atoms with E-state index in [4.69, 9.17) is 5.73 Å². The van der Waals surface area contributed by atoms with Crippen LogP contribution in [0.15, 0.2) is 35.3 Å². The van der Waals surface area contributed by atoms with Gasteiger partial charge in [-0.15, -0.1) is 0 Å². The molecule has 0 bridgehead atoms. The molecule has 1 atom stereocenters. The van der Waals surface area contributed by atoms with Crippen LogP contribution in [-0.4, -0.2) is 33.4 Å². The molecule has 1 aliphatic heterocycles. The molecule has 1 fully saturated rings. The number of fused-ring (bicyclic) bond motifs is 1. The highest BCUT2D eigenvalue weighted by atomic mass is 16.1. The number of pyridine rings is 1. The van der Waals surface area contributed by atoms with Crippen LogP contribution in [0.3, 0.4) is 0 Å². The Morgan fingerprint density at radius 1 is 1.38 bits per heavy atom. The molecule has 0 saturated carbocycles. The number of aromatic nitrogens is 2. The third-order valence-electron chi connectivity index (χ3n) is 4.39. The molecule has 0 radical (unpaired) electrons. The van der Waals surface area contributed by atoms with Crippen LogP contribution in [-0.2, 0) is 6.54 Å². The van der Waals surface area contributed by atoms with Crippen molar-refractivity contribution in [1.82, 2.24) is 14.3 Å². The molecule has 2 aromatic heterocycles. The summed E-state index contributed by atoms with van der Waals surface area (Å²) in [5.74, 6) is 0.622. The van der Waals surface area contributed by atoms with E-state index in [0.29, 0.717) is 11.6 Å². The van der Waals surface area contributed by atoms with E-state index >= 15 is 0 Å². The molecule has 5 heteroatoms. The van der Waals surface area contributed by atoms with Gasteiger partial charge in [0.15, 0.2) is 0 Å². The molecule has 2 N–H and O–H groups in total. The Hall–Kier alpha value is -1.72. The summed E-state index contributed by atoms with van der Waals surface area (Å²) < 4.78 is 1.58. The summed E-state index contributed by atoms with van der Waals surface area (Å²) in [5.41, 5.74) is 7.53. The second kappa shape index (κ2) is 5.95. The van der Waals surface area contributed by atoms with Gasteiger partial charge in [-0.05, 0) is 50.9 Å². The van der Waals surface area contributed by atoms with E-state index in [1.165, 1.54) is 0 Å². The minimum absolute atomic E-state index is 0.0129. The van der Waals surface area contributed by atoms with Crippen molar-refractivity contribution in [3.8, 4) is 0 Å². The van der Waals surface area contributed by atoms with E-state index in [2.05, 4.69) is 16.8 Å². The molecule has 3 rings (SSSR count). The fourth-order valence-corrected chi connectivity index (χ4v) is 3.05. The molecule has 5 nitrogen and oxygen atoms in total. The zero-order valence-corrected chi connectivity index (χ0v) is 12.4. The predicted octanol–water partition coefficient (Wildman–Crippen LogP) is 1.25. The average Bonchev–Trinajstić information content (AvgIpc) is 2.48. The van der Waals surface area contributed by atoms with Crippen molar-refractivity contribution >= 4 is 5.65 Å². The zero-order valence-electron chi connectivity index (χ0n) is 12.4. The van der Waals surface area contributed by atoms with E-state index in [0.717, 1.165) is 38.2 Å². The first kappa shape index (κ1) is 14.2. The van der Waals surface area contributed by atoms with Crippen LogP contribution in [0.2, 0.25) is 0 Å². The summed E-state index contributed by atoms with van der Waals surface area (Å²) in [5, 5.41) is 0. The molecular weight excluding hydrogens is 264 g/mol. The quantitative estimate of drug-likeness (QED) is 0.922. The summed E-state index contributed by atoms with van der Waals surface area (Å²) in [6, 6.07) is 7.53. The predicted molar refractivity (Wildman–Crippen MR) is 83.1 cm³/mol.